The second kappa shape index (κ2) is 7.08. The van der Waals surface area contributed by atoms with Crippen molar-refractivity contribution < 1.29 is 4.79 Å². The molecule has 24 heavy (non-hydrogen) atoms. The van der Waals surface area contributed by atoms with E-state index >= 15 is 0 Å². The lowest BCUT2D eigenvalue weighted by molar-refractivity contribution is -0.119. The molecule has 0 spiro atoms. The number of para-hydroxylation sites is 2. The molecule has 1 aliphatic rings. The van der Waals surface area contributed by atoms with Crippen molar-refractivity contribution in [2.45, 2.75) is 45.7 Å². The molecule has 0 unspecified atom stereocenters. The third-order valence-corrected chi connectivity index (χ3v) is 5.08. The summed E-state index contributed by atoms with van der Waals surface area (Å²) in [6.45, 7) is 6.36. The highest BCUT2D eigenvalue weighted by atomic mass is 16.2. The molecule has 0 radical (unpaired) electrons. The quantitative estimate of drug-likeness (QED) is 0.858. The van der Waals surface area contributed by atoms with Crippen molar-refractivity contribution >= 4 is 17.3 Å². The van der Waals surface area contributed by atoms with Gasteiger partial charge in [-0.1, -0.05) is 57.2 Å². The van der Waals surface area contributed by atoms with Crippen molar-refractivity contribution in [2.24, 2.45) is 5.92 Å². The van der Waals surface area contributed by atoms with Crippen LogP contribution in [0.5, 0.6) is 0 Å². The lowest BCUT2D eigenvalue weighted by atomic mass is 9.80. The van der Waals surface area contributed by atoms with Gasteiger partial charge in [0.15, 0.2) is 0 Å². The number of carbonyl (C=O) groups excluding carboxylic acids is 1. The molecule has 1 aliphatic heterocycles. The molecule has 1 N–H and O–H groups in total. The van der Waals surface area contributed by atoms with Crippen LogP contribution in [0, 0.1) is 5.92 Å². The van der Waals surface area contributed by atoms with Crippen LogP contribution < -0.4 is 10.2 Å². The van der Waals surface area contributed by atoms with Crippen LogP contribution in [0.2, 0.25) is 0 Å². The molecule has 0 aliphatic carbocycles. The fourth-order valence-corrected chi connectivity index (χ4v) is 3.86. The van der Waals surface area contributed by atoms with E-state index < -0.39 is 0 Å². The Bertz CT molecular complexity index is 698. The number of nitrogens with one attached hydrogen (secondary N) is 1. The second-order valence-corrected chi connectivity index (χ2v) is 6.50. The molecule has 0 fully saturated rings. The molecule has 3 rings (SSSR count). The summed E-state index contributed by atoms with van der Waals surface area (Å²) in [4.78, 5) is 14.6. The molecule has 1 heterocycles. The maximum absolute atomic E-state index is 12.6. The second-order valence-electron chi connectivity index (χ2n) is 6.50. The fraction of sp³-hybridized carbons (Fsp3) is 0.381. The number of benzene rings is 2. The van der Waals surface area contributed by atoms with Crippen molar-refractivity contribution in [3.8, 4) is 0 Å². The first-order valence-electron chi connectivity index (χ1n) is 8.89. The highest BCUT2D eigenvalue weighted by Gasteiger charge is 2.39. The molecule has 3 atom stereocenters. The molecule has 1 amide bonds. The fourth-order valence-electron chi connectivity index (χ4n) is 3.86. The van der Waals surface area contributed by atoms with E-state index in [1.54, 1.807) is 0 Å². The minimum absolute atomic E-state index is 0.203. The minimum Gasteiger partial charge on any atom is -0.378 e. The number of amides is 1. The van der Waals surface area contributed by atoms with E-state index in [-0.39, 0.29) is 18.0 Å². The van der Waals surface area contributed by atoms with Gasteiger partial charge in [-0.2, -0.15) is 0 Å². The number of fused-ring (bicyclic) bond motifs is 1. The summed E-state index contributed by atoms with van der Waals surface area (Å²) >= 11 is 0. The Morgan fingerprint density at radius 3 is 2.38 bits per heavy atom. The Morgan fingerprint density at radius 1 is 1.04 bits per heavy atom. The number of anilines is 2. The normalized spacial score (nSPS) is 22.8. The molecule has 0 saturated heterocycles. The van der Waals surface area contributed by atoms with E-state index in [2.05, 4.69) is 49.5 Å². The van der Waals surface area contributed by atoms with E-state index in [9.17, 15) is 4.79 Å². The van der Waals surface area contributed by atoms with Crippen LogP contribution in [0.3, 0.4) is 0 Å². The van der Waals surface area contributed by atoms with Crippen molar-refractivity contribution in [1.29, 1.82) is 0 Å². The van der Waals surface area contributed by atoms with Gasteiger partial charge in [-0.3, -0.25) is 4.79 Å². The highest BCUT2D eigenvalue weighted by Crippen LogP contribution is 2.43. The summed E-state index contributed by atoms with van der Waals surface area (Å²) in [6, 6.07) is 19.1. The van der Waals surface area contributed by atoms with Gasteiger partial charge in [0.05, 0.1) is 6.04 Å². The van der Waals surface area contributed by atoms with Gasteiger partial charge in [-0.05, 0) is 30.2 Å². The van der Waals surface area contributed by atoms with Gasteiger partial charge in [-0.15, -0.1) is 0 Å². The largest absolute Gasteiger partial charge is 0.378 e. The van der Waals surface area contributed by atoms with Gasteiger partial charge >= 0.3 is 0 Å². The molecular weight excluding hydrogens is 296 g/mol. The maximum Gasteiger partial charge on any atom is 0.226 e. The van der Waals surface area contributed by atoms with E-state index in [1.165, 1.54) is 5.56 Å². The number of nitrogens with zero attached hydrogens (tertiary/aromatic N) is 1. The van der Waals surface area contributed by atoms with E-state index in [4.69, 9.17) is 0 Å². The number of carbonyl (C=O) groups is 1. The smallest absolute Gasteiger partial charge is 0.226 e. The third kappa shape index (κ3) is 2.91. The topological polar surface area (TPSA) is 32.3 Å². The van der Waals surface area contributed by atoms with Crippen LogP contribution in [0.4, 0.5) is 11.4 Å². The van der Waals surface area contributed by atoms with Crippen LogP contribution in [-0.4, -0.2) is 11.9 Å². The summed E-state index contributed by atoms with van der Waals surface area (Å²) in [6.07, 6.45) is 1.49. The molecular formula is C21H26N2O. The van der Waals surface area contributed by atoms with Crippen molar-refractivity contribution in [2.75, 3.05) is 10.2 Å². The standard InChI is InChI=1S/C21H26N2O/c1-4-18-15(3)21(22-16-11-7-6-8-12-16)17-13-9-10-14-19(17)23(18)20(24)5-2/h6-15,18,21-22H,4-5H2,1-3H3/t15-,18+,21-/m1/s1. The summed E-state index contributed by atoms with van der Waals surface area (Å²) in [5.74, 6) is 0.542. The molecule has 3 heteroatoms. The minimum atomic E-state index is 0.203. The number of hydrogen-bond donors (Lipinski definition) is 1. The number of hydrogen-bond acceptors (Lipinski definition) is 2. The molecule has 0 saturated carbocycles. The Labute approximate surface area is 144 Å². The van der Waals surface area contributed by atoms with Gasteiger partial charge in [0.1, 0.15) is 0 Å². The zero-order valence-corrected chi connectivity index (χ0v) is 14.7. The van der Waals surface area contributed by atoms with Gasteiger partial charge < -0.3 is 10.2 Å². The molecule has 3 nitrogen and oxygen atoms in total. The first-order chi connectivity index (χ1) is 11.7. The zero-order valence-electron chi connectivity index (χ0n) is 14.7. The Hall–Kier alpha value is -2.29. The lowest BCUT2D eigenvalue weighted by Crippen LogP contribution is -2.50. The first-order valence-corrected chi connectivity index (χ1v) is 8.89. The highest BCUT2D eigenvalue weighted by molar-refractivity contribution is 5.95. The van der Waals surface area contributed by atoms with Gasteiger partial charge in [0, 0.05) is 29.8 Å². The molecule has 126 valence electrons. The van der Waals surface area contributed by atoms with Crippen LogP contribution >= 0.6 is 0 Å². The van der Waals surface area contributed by atoms with Crippen LogP contribution in [0.1, 0.15) is 45.2 Å². The van der Waals surface area contributed by atoms with Crippen molar-refractivity contribution in [3.05, 3.63) is 60.2 Å². The SMILES string of the molecule is CCC(=O)N1c2ccccc2[C@H](Nc2ccccc2)[C@H](C)[C@@H]1CC. The third-order valence-electron chi connectivity index (χ3n) is 5.08. The predicted octanol–water partition coefficient (Wildman–Crippen LogP) is 5.01. The molecule has 2 aromatic carbocycles. The van der Waals surface area contributed by atoms with E-state index in [0.717, 1.165) is 17.8 Å². The molecule has 0 bridgehead atoms. The monoisotopic (exact) mass is 322 g/mol. The summed E-state index contributed by atoms with van der Waals surface area (Å²) in [5.41, 5.74) is 3.39. The zero-order chi connectivity index (χ0) is 17.1. The van der Waals surface area contributed by atoms with E-state index in [0.29, 0.717) is 12.3 Å². The Kier molecular flexibility index (Phi) is 4.89. The Morgan fingerprint density at radius 2 is 1.71 bits per heavy atom. The molecule has 0 aromatic heterocycles. The van der Waals surface area contributed by atoms with Crippen molar-refractivity contribution in [3.63, 3.8) is 0 Å². The van der Waals surface area contributed by atoms with E-state index in [1.807, 2.05) is 36.1 Å². The van der Waals surface area contributed by atoms with Gasteiger partial charge in [0.2, 0.25) is 5.91 Å². The summed E-state index contributed by atoms with van der Waals surface area (Å²) in [5, 5.41) is 3.69. The summed E-state index contributed by atoms with van der Waals surface area (Å²) in [7, 11) is 0. The first kappa shape index (κ1) is 16.6. The number of rotatable bonds is 4. The van der Waals surface area contributed by atoms with Crippen LogP contribution in [0.15, 0.2) is 54.6 Å². The Balaban J connectivity index is 2.05. The molecule has 2 aromatic rings. The predicted molar refractivity (Wildman–Crippen MR) is 100 cm³/mol. The van der Waals surface area contributed by atoms with Crippen LogP contribution in [0.25, 0.3) is 0 Å². The van der Waals surface area contributed by atoms with Gasteiger partial charge in [0.25, 0.3) is 0 Å². The average molecular weight is 322 g/mol. The maximum atomic E-state index is 12.6. The lowest BCUT2D eigenvalue weighted by Gasteiger charge is -2.45. The van der Waals surface area contributed by atoms with Crippen LogP contribution in [-0.2, 0) is 4.79 Å². The summed E-state index contributed by atoms with van der Waals surface area (Å²) < 4.78 is 0. The average Bonchev–Trinajstić information content (AvgIpc) is 2.63. The van der Waals surface area contributed by atoms with Crippen molar-refractivity contribution in [1.82, 2.24) is 0 Å². The van der Waals surface area contributed by atoms with Gasteiger partial charge in [-0.25, -0.2) is 0 Å².